The maximum Gasteiger partial charge on any atom is 0.120 e. The molecule has 0 fully saturated rings. The van der Waals surface area contributed by atoms with E-state index in [4.69, 9.17) is 9.15 Å². The average molecular weight is 245 g/mol. The van der Waals surface area contributed by atoms with Gasteiger partial charge in [-0.1, -0.05) is 12.1 Å². The molecule has 0 aliphatic carbocycles. The molecule has 1 aromatic carbocycles. The van der Waals surface area contributed by atoms with Crippen molar-refractivity contribution in [3.05, 3.63) is 54.0 Å². The normalized spacial score (nSPS) is 14.2. The van der Waals surface area contributed by atoms with Gasteiger partial charge in [0.25, 0.3) is 0 Å². The fourth-order valence-corrected chi connectivity index (χ4v) is 2.00. The Morgan fingerprint density at radius 3 is 2.61 bits per heavy atom. The maximum atomic E-state index is 5.39. The van der Waals surface area contributed by atoms with Crippen molar-refractivity contribution in [2.45, 2.75) is 25.9 Å². The van der Waals surface area contributed by atoms with Crippen LogP contribution in [-0.2, 0) is 0 Å². The van der Waals surface area contributed by atoms with Crippen molar-refractivity contribution in [1.29, 1.82) is 0 Å². The van der Waals surface area contributed by atoms with Gasteiger partial charge in [-0.15, -0.1) is 0 Å². The van der Waals surface area contributed by atoms with Crippen molar-refractivity contribution in [1.82, 2.24) is 5.32 Å². The molecule has 1 N–H and O–H groups in total. The largest absolute Gasteiger partial charge is 0.497 e. The van der Waals surface area contributed by atoms with Crippen molar-refractivity contribution >= 4 is 0 Å². The number of methoxy groups -OCH3 is 1. The highest BCUT2D eigenvalue weighted by molar-refractivity contribution is 5.30. The van der Waals surface area contributed by atoms with Crippen LogP contribution in [0.3, 0.4) is 0 Å². The summed E-state index contributed by atoms with van der Waals surface area (Å²) in [5.74, 6) is 1.83. The number of hydrogen-bond acceptors (Lipinski definition) is 3. The molecule has 1 heterocycles. The molecule has 1 unspecified atom stereocenters. The highest BCUT2D eigenvalue weighted by atomic mass is 16.5. The summed E-state index contributed by atoms with van der Waals surface area (Å²) < 4.78 is 10.6. The third kappa shape index (κ3) is 2.93. The van der Waals surface area contributed by atoms with E-state index in [1.54, 1.807) is 13.4 Å². The van der Waals surface area contributed by atoms with Crippen LogP contribution in [0.25, 0.3) is 0 Å². The van der Waals surface area contributed by atoms with Crippen LogP contribution < -0.4 is 10.1 Å². The molecule has 3 nitrogen and oxygen atoms in total. The molecule has 0 bridgehead atoms. The Balaban J connectivity index is 2.04. The zero-order chi connectivity index (χ0) is 13.0. The Morgan fingerprint density at radius 2 is 1.94 bits per heavy atom. The van der Waals surface area contributed by atoms with Crippen molar-refractivity contribution in [3.63, 3.8) is 0 Å². The monoisotopic (exact) mass is 245 g/mol. The van der Waals surface area contributed by atoms with Crippen LogP contribution in [0.5, 0.6) is 5.75 Å². The van der Waals surface area contributed by atoms with Gasteiger partial charge in [0.15, 0.2) is 0 Å². The van der Waals surface area contributed by atoms with Crippen LogP contribution in [0.4, 0.5) is 0 Å². The van der Waals surface area contributed by atoms with Gasteiger partial charge in [-0.05, 0) is 43.7 Å². The minimum atomic E-state index is 0.182. The first kappa shape index (κ1) is 12.7. The maximum absolute atomic E-state index is 5.39. The molecule has 3 heteroatoms. The van der Waals surface area contributed by atoms with E-state index in [2.05, 4.69) is 25.2 Å². The standard InChI is InChI=1S/C15H19NO2/c1-11(13-6-4-7-14(10-13)17-3)16-12(2)15-8-5-9-18-15/h4-12,16H,1-3H3/t11-,12?/m1/s1. The lowest BCUT2D eigenvalue weighted by atomic mass is 10.1. The summed E-state index contributed by atoms with van der Waals surface area (Å²) in [6.45, 7) is 4.23. The fraction of sp³-hybridized carbons (Fsp3) is 0.333. The summed E-state index contributed by atoms with van der Waals surface area (Å²) in [4.78, 5) is 0. The zero-order valence-corrected chi connectivity index (χ0v) is 11.0. The van der Waals surface area contributed by atoms with Gasteiger partial charge in [-0.2, -0.15) is 0 Å². The first-order valence-corrected chi connectivity index (χ1v) is 6.14. The third-order valence-corrected chi connectivity index (χ3v) is 3.06. The van der Waals surface area contributed by atoms with Crippen molar-refractivity contribution in [2.24, 2.45) is 0 Å². The van der Waals surface area contributed by atoms with Crippen LogP contribution >= 0.6 is 0 Å². The minimum absolute atomic E-state index is 0.182. The van der Waals surface area contributed by atoms with E-state index in [0.29, 0.717) is 0 Å². The second kappa shape index (κ2) is 5.74. The molecule has 0 aliphatic heterocycles. The van der Waals surface area contributed by atoms with Crippen LogP contribution in [0.15, 0.2) is 47.1 Å². The number of hydrogen-bond donors (Lipinski definition) is 1. The number of rotatable bonds is 5. The van der Waals surface area contributed by atoms with Gasteiger partial charge < -0.3 is 14.5 Å². The summed E-state index contributed by atoms with van der Waals surface area (Å²) in [6, 6.07) is 12.4. The van der Waals surface area contributed by atoms with Gasteiger partial charge in [-0.3, -0.25) is 0 Å². The molecule has 0 radical (unpaired) electrons. The van der Waals surface area contributed by atoms with E-state index in [9.17, 15) is 0 Å². The summed E-state index contributed by atoms with van der Waals surface area (Å²) in [5.41, 5.74) is 1.20. The van der Waals surface area contributed by atoms with Crippen LogP contribution in [0, 0.1) is 0 Å². The van der Waals surface area contributed by atoms with Gasteiger partial charge in [0.05, 0.1) is 19.4 Å². The van der Waals surface area contributed by atoms with Crippen molar-refractivity contribution < 1.29 is 9.15 Å². The smallest absolute Gasteiger partial charge is 0.120 e. The molecule has 0 saturated carbocycles. The van der Waals surface area contributed by atoms with Crippen LogP contribution in [0.1, 0.15) is 37.3 Å². The number of furan rings is 1. The van der Waals surface area contributed by atoms with E-state index in [0.717, 1.165) is 11.5 Å². The zero-order valence-electron chi connectivity index (χ0n) is 11.0. The molecule has 2 rings (SSSR count). The predicted molar refractivity (Wildman–Crippen MR) is 71.7 cm³/mol. The number of benzene rings is 1. The first-order chi connectivity index (χ1) is 8.70. The van der Waals surface area contributed by atoms with Gasteiger partial charge in [0, 0.05) is 6.04 Å². The van der Waals surface area contributed by atoms with Gasteiger partial charge >= 0.3 is 0 Å². The Kier molecular flexibility index (Phi) is 4.05. The molecule has 18 heavy (non-hydrogen) atoms. The van der Waals surface area contributed by atoms with Crippen molar-refractivity contribution in [2.75, 3.05) is 7.11 Å². The van der Waals surface area contributed by atoms with Gasteiger partial charge in [0.2, 0.25) is 0 Å². The minimum Gasteiger partial charge on any atom is -0.497 e. The lowest BCUT2D eigenvalue weighted by Crippen LogP contribution is -2.22. The van der Waals surface area contributed by atoms with Crippen LogP contribution in [-0.4, -0.2) is 7.11 Å². The lowest BCUT2D eigenvalue weighted by Gasteiger charge is -2.19. The third-order valence-electron chi connectivity index (χ3n) is 3.06. The predicted octanol–water partition coefficient (Wildman–Crippen LogP) is 3.70. The average Bonchev–Trinajstić information content (AvgIpc) is 2.92. The Morgan fingerprint density at radius 1 is 1.11 bits per heavy atom. The van der Waals surface area contributed by atoms with Gasteiger partial charge in [0.1, 0.15) is 11.5 Å². The Labute approximate surface area is 108 Å². The second-order valence-corrected chi connectivity index (χ2v) is 4.40. The molecular weight excluding hydrogens is 226 g/mol. The van der Waals surface area contributed by atoms with Gasteiger partial charge in [-0.25, -0.2) is 0 Å². The second-order valence-electron chi connectivity index (χ2n) is 4.40. The number of nitrogens with one attached hydrogen (secondary N) is 1. The molecule has 0 saturated heterocycles. The summed E-state index contributed by atoms with van der Waals surface area (Å²) in [7, 11) is 1.68. The lowest BCUT2D eigenvalue weighted by molar-refractivity contribution is 0.398. The van der Waals surface area contributed by atoms with Crippen LogP contribution in [0.2, 0.25) is 0 Å². The Bertz CT molecular complexity index is 479. The van der Waals surface area contributed by atoms with E-state index >= 15 is 0 Å². The molecule has 0 spiro atoms. The highest BCUT2D eigenvalue weighted by Gasteiger charge is 2.13. The summed E-state index contributed by atoms with van der Waals surface area (Å²) in [6.07, 6.45) is 1.70. The van der Waals surface area contributed by atoms with E-state index in [-0.39, 0.29) is 12.1 Å². The molecule has 0 aliphatic rings. The van der Waals surface area contributed by atoms with Crippen molar-refractivity contribution in [3.8, 4) is 5.75 Å². The molecular formula is C15H19NO2. The molecule has 2 aromatic rings. The summed E-state index contributed by atoms with van der Waals surface area (Å²) >= 11 is 0. The SMILES string of the molecule is COc1cccc([C@@H](C)NC(C)c2ccco2)c1. The quantitative estimate of drug-likeness (QED) is 0.872. The van der Waals surface area contributed by atoms with E-state index in [1.807, 2.05) is 30.3 Å². The highest BCUT2D eigenvalue weighted by Crippen LogP contribution is 2.22. The van der Waals surface area contributed by atoms with E-state index in [1.165, 1.54) is 5.56 Å². The number of ether oxygens (including phenoxy) is 1. The molecule has 1 aromatic heterocycles. The Hall–Kier alpha value is -1.74. The fourth-order valence-electron chi connectivity index (χ4n) is 2.00. The first-order valence-electron chi connectivity index (χ1n) is 6.14. The molecule has 0 amide bonds. The van der Waals surface area contributed by atoms with E-state index < -0.39 is 0 Å². The molecule has 2 atom stereocenters. The molecule has 96 valence electrons. The topological polar surface area (TPSA) is 34.4 Å². The summed E-state index contributed by atoms with van der Waals surface area (Å²) in [5, 5.41) is 3.50.